The van der Waals surface area contributed by atoms with Gasteiger partial charge in [0.15, 0.2) is 0 Å². The second kappa shape index (κ2) is 8.08. The van der Waals surface area contributed by atoms with Gasteiger partial charge in [0, 0.05) is 18.5 Å². The van der Waals surface area contributed by atoms with Crippen molar-refractivity contribution in [2.45, 2.75) is 52.6 Å². The molecule has 18 heavy (non-hydrogen) atoms. The third kappa shape index (κ3) is 6.59. The number of carboxylic acid groups (broad SMARTS) is 1. The summed E-state index contributed by atoms with van der Waals surface area (Å²) in [5.41, 5.74) is 0. The van der Waals surface area contributed by atoms with E-state index in [1.165, 1.54) is 0 Å². The maximum atomic E-state index is 12.1. The largest absolute Gasteiger partial charge is 0.481 e. The zero-order chi connectivity index (χ0) is 14.3. The minimum absolute atomic E-state index is 0.0952. The second-order valence-electron chi connectivity index (χ2n) is 5.22. The average molecular weight is 258 g/mol. The molecule has 5 heteroatoms. The number of carboxylic acids is 1. The van der Waals surface area contributed by atoms with Crippen LogP contribution in [0.25, 0.3) is 0 Å². The highest BCUT2D eigenvalue weighted by Gasteiger charge is 2.20. The van der Waals surface area contributed by atoms with Crippen molar-refractivity contribution in [1.29, 1.82) is 0 Å². The molecule has 0 fully saturated rings. The van der Waals surface area contributed by atoms with Crippen molar-refractivity contribution in [1.82, 2.24) is 9.80 Å². The molecule has 106 valence electrons. The lowest BCUT2D eigenvalue weighted by atomic mass is 10.2. The van der Waals surface area contributed by atoms with E-state index in [0.717, 1.165) is 0 Å². The Kier molecular flexibility index (Phi) is 7.59. The summed E-state index contributed by atoms with van der Waals surface area (Å²) in [6.45, 7) is 8.98. The molecule has 0 heterocycles. The van der Waals surface area contributed by atoms with Crippen LogP contribution in [0.3, 0.4) is 0 Å². The molecule has 0 aromatic rings. The Morgan fingerprint density at radius 3 is 2.00 bits per heavy atom. The highest BCUT2D eigenvalue weighted by atomic mass is 16.4. The molecule has 0 bridgehead atoms. The first-order valence-corrected chi connectivity index (χ1v) is 6.47. The summed E-state index contributed by atoms with van der Waals surface area (Å²) in [4.78, 5) is 26.2. The van der Waals surface area contributed by atoms with Crippen molar-refractivity contribution < 1.29 is 14.7 Å². The van der Waals surface area contributed by atoms with E-state index in [0.29, 0.717) is 19.5 Å². The van der Waals surface area contributed by atoms with Gasteiger partial charge in [0.25, 0.3) is 0 Å². The van der Waals surface area contributed by atoms with Crippen LogP contribution in [-0.4, -0.2) is 59.0 Å². The molecule has 0 radical (unpaired) electrons. The first-order valence-electron chi connectivity index (χ1n) is 6.47. The van der Waals surface area contributed by atoms with Crippen molar-refractivity contribution in [2.75, 3.05) is 20.1 Å². The Bertz CT molecular complexity index is 269. The van der Waals surface area contributed by atoms with Gasteiger partial charge in [-0.1, -0.05) is 0 Å². The van der Waals surface area contributed by atoms with Crippen LogP contribution in [-0.2, 0) is 9.59 Å². The lowest BCUT2D eigenvalue weighted by Gasteiger charge is -2.32. The van der Waals surface area contributed by atoms with Gasteiger partial charge in [-0.25, -0.2) is 0 Å². The summed E-state index contributed by atoms with van der Waals surface area (Å²) in [5.74, 6) is -0.696. The van der Waals surface area contributed by atoms with Crippen LogP contribution in [0.15, 0.2) is 0 Å². The molecule has 0 aromatic carbocycles. The standard InChI is InChI=1S/C13H26N2O3/c1-10(2)15(11(3)4)12(16)9-14(5)8-6-7-13(17)18/h10-11H,6-9H2,1-5H3,(H,17,18). The molecule has 1 amide bonds. The molecule has 0 saturated heterocycles. The maximum absolute atomic E-state index is 12.1. The molecule has 5 nitrogen and oxygen atoms in total. The van der Waals surface area contributed by atoms with Crippen molar-refractivity contribution in [2.24, 2.45) is 0 Å². The topological polar surface area (TPSA) is 60.9 Å². The zero-order valence-electron chi connectivity index (χ0n) is 12.1. The first kappa shape index (κ1) is 16.9. The minimum Gasteiger partial charge on any atom is -0.481 e. The number of nitrogens with zero attached hydrogens (tertiary/aromatic N) is 2. The van der Waals surface area contributed by atoms with Crippen molar-refractivity contribution in [3.63, 3.8) is 0 Å². The number of rotatable bonds is 8. The fraction of sp³-hybridized carbons (Fsp3) is 0.846. The van der Waals surface area contributed by atoms with Crippen LogP contribution in [0.1, 0.15) is 40.5 Å². The van der Waals surface area contributed by atoms with Gasteiger partial charge in [0.2, 0.25) is 5.91 Å². The molecule has 0 aromatic heterocycles. The van der Waals surface area contributed by atoms with Gasteiger partial charge >= 0.3 is 5.97 Å². The average Bonchev–Trinajstić information content (AvgIpc) is 2.14. The van der Waals surface area contributed by atoms with Gasteiger partial charge in [-0.2, -0.15) is 0 Å². The molecular weight excluding hydrogens is 232 g/mol. The quantitative estimate of drug-likeness (QED) is 0.715. The fourth-order valence-corrected chi connectivity index (χ4v) is 2.06. The summed E-state index contributed by atoms with van der Waals surface area (Å²) in [6, 6.07) is 0.370. The molecule has 0 rings (SSSR count). The van der Waals surface area contributed by atoms with Crippen LogP contribution in [0, 0.1) is 0 Å². The normalized spacial score (nSPS) is 11.3. The Labute approximate surface area is 110 Å². The molecule has 0 spiro atoms. The Hall–Kier alpha value is -1.10. The highest BCUT2D eigenvalue weighted by Crippen LogP contribution is 2.06. The third-order valence-corrected chi connectivity index (χ3v) is 2.74. The number of hydrogen-bond acceptors (Lipinski definition) is 3. The lowest BCUT2D eigenvalue weighted by molar-refractivity contribution is -0.137. The van der Waals surface area contributed by atoms with Crippen LogP contribution in [0.5, 0.6) is 0 Å². The van der Waals surface area contributed by atoms with E-state index in [-0.39, 0.29) is 24.4 Å². The SMILES string of the molecule is CC(C)N(C(=O)CN(C)CCCC(=O)O)C(C)C. The fourth-order valence-electron chi connectivity index (χ4n) is 2.06. The number of carbonyl (C=O) groups excluding carboxylic acids is 1. The van der Waals surface area contributed by atoms with E-state index in [9.17, 15) is 9.59 Å². The molecule has 0 aliphatic rings. The van der Waals surface area contributed by atoms with E-state index < -0.39 is 5.97 Å². The van der Waals surface area contributed by atoms with E-state index in [4.69, 9.17) is 5.11 Å². The van der Waals surface area contributed by atoms with E-state index >= 15 is 0 Å². The molecule has 1 N–H and O–H groups in total. The molecule has 0 aliphatic carbocycles. The molecule has 0 atom stereocenters. The zero-order valence-corrected chi connectivity index (χ0v) is 12.1. The summed E-state index contributed by atoms with van der Waals surface area (Å²) >= 11 is 0. The summed E-state index contributed by atoms with van der Waals surface area (Å²) in [5, 5.41) is 8.55. The predicted molar refractivity (Wildman–Crippen MR) is 71.5 cm³/mol. The predicted octanol–water partition coefficient (Wildman–Crippen LogP) is 1.43. The van der Waals surface area contributed by atoms with Crippen molar-refractivity contribution in [3.8, 4) is 0 Å². The summed E-state index contributed by atoms with van der Waals surface area (Å²) in [7, 11) is 1.85. The van der Waals surface area contributed by atoms with E-state index in [1.807, 2.05) is 44.5 Å². The molecule has 0 aliphatic heterocycles. The van der Waals surface area contributed by atoms with E-state index in [2.05, 4.69) is 0 Å². The minimum atomic E-state index is -0.791. The van der Waals surface area contributed by atoms with Crippen molar-refractivity contribution >= 4 is 11.9 Å². The summed E-state index contributed by atoms with van der Waals surface area (Å²) in [6.07, 6.45) is 0.721. The third-order valence-electron chi connectivity index (χ3n) is 2.74. The van der Waals surface area contributed by atoms with Crippen LogP contribution in [0.4, 0.5) is 0 Å². The van der Waals surface area contributed by atoms with Crippen molar-refractivity contribution in [3.05, 3.63) is 0 Å². The Morgan fingerprint density at radius 2 is 1.61 bits per heavy atom. The van der Waals surface area contributed by atoms with Gasteiger partial charge in [0.05, 0.1) is 6.54 Å². The van der Waals surface area contributed by atoms with Gasteiger partial charge in [0.1, 0.15) is 0 Å². The number of amides is 1. The number of carbonyl (C=O) groups is 2. The van der Waals surface area contributed by atoms with Crippen LogP contribution < -0.4 is 0 Å². The number of aliphatic carboxylic acids is 1. The van der Waals surface area contributed by atoms with Gasteiger partial charge < -0.3 is 10.0 Å². The van der Waals surface area contributed by atoms with E-state index in [1.54, 1.807) is 0 Å². The lowest BCUT2D eigenvalue weighted by Crippen LogP contribution is -2.46. The molecular formula is C13H26N2O3. The Balaban J connectivity index is 4.16. The number of likely N-dealkylation sites (N-methyl/N-ethyl adjacent to an activating group) is 1. The van der Waals surface area contributed by atoms with Gasteiger partial charge in [-0.15, -0.1) is 0 Å². The monoisotopic (exact) mass is 258 g/mol. The Morgan fingerprint density at radius 1 is 1.11 bits per heavy atom. The smallest absolute Gasteiger partial charge is 0.303 e. The molecule has 0 unspecified atom stereocenters. The summed E-state index contributed by atoms with van der Waals surface area (Å²) < 4.78 is 0. The van der Waals surface area contributed by atoms with Gasteiger partial charge in [-0.05, 0) is 47.7 Å². The van der Waals surface area contributed by atoms with Crippen LogP contribution in [0.2, 0.25) is 0 Å². The van der Waals surface area contributed by atoms with Crippen LogP contribution >= 0.6 is 0 Å². The number of hydrogen-bond donors (Lipinski definition) is 1. The first-order chi connectivity index (χ1) is 8.25. The van der Waals surface area contributed by atoms with Gasteiger partial charge in [-0.3, -0.25) is 14.5 Å². The molecule has 0 saturated carbocycles. The highest BCUT2D eigenvalue weighted by molar-refractivity contribution is 5.78. The second-order valence-corrected chi connectivity index (χ2v) is 5.22. The maximum Gasteiger partial charge on any atom is 0.303 e.